The summed E-state index contributed by atoms with van der Waals surface area (Å²) < 4.78 is 5.07. The van der Waals surface area contributed by atoms with E-state index in [-0.39, 0.29) is 5.75 Å². The summed E-state index contributed by atoms with van der Waals surface area (Å²) in [6.45, 7) is 1.29. The number of Topliss-reactive ketones (excluding diaryl/α,β-unsaturated/α-hetero) is 1. The lowest BCUT2D eigenvalue weighted by Gasteiger charge is -2.08. The number of carbonyl (C=O) groups is 2. The Morgan fingerprint density at radius 2 is 1.75 bits per heavy atom. The van der Waals surface area contributed by atoms with Crippen molar-refractivity contribution in [2.45, 2.75) is 12.8 Å². The standard InChI is InChI=1S/C21H16N2O4S/c1-13-12-28-20(23-13)18(10-22)19(25)11-27-21(26)16-4-2-14(3-5-16)15-6-8-17(24)9-7-15/h2-9,12,18,24H,11H2,1H3/t18-/m1/s1. The van der Waals surface area contributed by atoms with Gasteiger partial charge in [-0.1, -0.05) is 24.3 Å². The van der Waals surface area contributed by atoms with Gasteiger partial charge in [0.15, 0.2) is 18.3 Å². The van der Waals surface area contributed by atoms with Gasteiger partial charge < -0.3 is 9.84 Å². The highest BCUT2D eigenvalue weighted by molar-refractivity contribution is 7.09. The molecular formula is C21H16N2O4S. The minimum atomic E-state index is -1.04. The lowest BCUT2D eigenvalue weighted by molar-refractivity contribution is -0.122. The molecule has 3 aromatic rings. The molecule has 0 bridgehead atoms. The molecule has 1 aromatic heterocycles. The number of hydrogen-bond acceptors (Lipinski definition) is 7. The number of nitrogens with zero attached hydrogens (tertiary/aromatic N) is 2. The van der Waals surface area contributed by atoms with Gasteiger partial charge in [0.1, 0.15) is 10.8 Å². The van der Waals surface area contributed by atoms with Gasteiger partial charge in [-0.2, -0.15) is 5.26 Å². The first-order valence-electron chi connectivity index (χ1n) is 8.39. The molecular weight excluding hydrogens is 376 g/mol. The van der Waals surface area contributed by atoms with Gasteiger partial charge in [0.05, 0.1) is 11.6 Å². The number of thiazole rings is 1. The van der Waals surface area contributed by atoms with Crippen LogP contribution in [-0.2, 0) is 9.53 Å². The summed E-state index contributed by atoms with van der Waals surface area (Å²) in [6.07, 6.45) is 0. The predicted octanol–water partition coefficient (Wildman–Crippen LogP) is 3.86. The Bertz CT molecular complexity index is 1030. The number of phenolic OH excluding ortho intramolecular Hbond substituents is 1. The maximum atomic E-state index is 12.2. The summed E-state index contributed by atoms with van der Waals surface area (Å²) >= 11 is 1.23. The number of esters is 1. The van der Waals surface area contributed by atoms with Crippen molar-refractivity contribution < 1.29 is 19.4 Å². The zero-order valence-electron chi connectivity index (χ0n) is 15.0. The molecule has 140 valence electrons. The number of benzene rings is 2. The van der Waals surface area contributed by atoms with Crippen molar-refractivity contribution in [3.63, 3.8) is 0 Å². The second kappa shape index (κ2) is 8.46. The monoisotopic (exact) mass is 392 g/mol. The van der Waals surface area contributed by atoms with E-state index in [9.17, 15) is 20.0 Å². The first kappa shape index (κ1) is 19.3. The van der Waals surface area contributed by atoms with Gasteiger partial charge in [-0.15, -0.1) is 11.3 Å². The van der Waals surface area contributed by atoms with E-state index in [0.717, 1.165) is 16.8 Å². The van der Waals surface area contributed by atoms with Crippen molar-refractivity contribution in [3.05, 3.63) is 70.2 Å². The molecule has 0 amide bonds. The van der Waals surface area contributed by atoms with Crippen LogP contribution >= 0.6 is 11.3 Å². The predicted molar refractivity (Wildman–Crippen MR) is 104 cm³/mol. The van der Waals surface area contributed by atoms with E-state index >= 15 is 0 Å². The quantitative estimate of drug-likeness (QED) is 0.640. The zero-order chi connectivity index (χ0) is 20.1. The van der Waals surface area contributed by atoms with Crippen molar-refractivity contribution in [2.24, 2.45) is 0 Å². The number of aromatic hydroxyl groups is 1. The van der Waals surface area contributed by atoms with E-state index in [1.165, 1.54) is 11.3 Å². The molecule has 0 unspecified atom stereocenters. The Morgan fingerprint density at radius 1 is 1.14 bits per heavy atom. The maximum absolute atomic E-state index is 12.2. The third kappa shape index (κ3) is 4.42. The van der Waals surface area contributed by atoms with Gasteiger partial charge >= 0.3 is 5.97 Å². The van der Waals surface area contributed by atoms with Gasteiger partial charge in [-0.25, -0.2) is 9.78 Å². The first-order valence-corrected chi connectivity index (χ1v) is 9.27. The smallest absolute Gasteiger partial charge is 0.338 e. The van der Waals surface area contributed by atoms with E-state index in [1.807, 2.05) is 6.07 Å². The molecule has 0 aliphatic carbocycles. The number of ketones is 1. The van der Waals surface area contributed by atoms with E-state index in [0.29, 0.717) is 10.6 Å². The van der Waals surface area contributed by atoms with Crippen LogP contribution in [0.25, 0.3) is 11.1 Å². The Balaban J connectivity index is 1.62. The van der Waals surface area contributed by atoms with Crippen LogP contribution in [0.15, 0.2) is 53.9 Å². The molecule has 1 N–H and O–H groups in total. The van der Waals surface area contributed by atoms with Crippen molar-refractivity contribution in [3.8, 4) is 22.9 Å². The Labute approximate surface area is 165 Å². The topological polar surface area (TPSA) is 100 Å². The van der Waals surface area contributed by atoms with Gasteiger partial charge in [-0.3, -0.25) is 4.79 Å². The molecule has 28 heavy (non-hydrogen) atoms. The Hall–Kier alpha value is -3.50. The molecule has 2 aromatic carbocycles. The van der Waals surface area contributed by atoms with Crippen molar-refractivity contribution in [1.29, 1.82) is 5.26 Å². The number of aryl methyl sites for hydroxylation is 1. The van der Waals surface area contributed by atoms with Gasteiger partial charge in [0.25, 0.3) is 0 Å². The summed E-state index contributed by atoms with van der Waals surface area (Å²) in [5.74, 6) is -2.01. The minimum absolute atomic E-state index is 0.178. The third-order valence-electron chi connectivity index (χ3n) is 4.00. The van der Waals surface area contributed by atoms with Crippen molar-refractivity contribution in [2.75, 3.05) is 6.61 Å². The van der Waals surface area contributed by atoms with Crippen molar-refractivity contribution in [1.82, 2.24) is 4.98 Å². The van der Waals surface area contributed by atoms with Gasteiger partial charge in [-0.05, 0) is 42.3 Å². The second-order valence-electron chi connectivity index (χ2n) is 6.06. The number of nitriles is 1. The third-order valence-corrected chi connectivity index (χ3v) is 5.03. The second-order valence-corrected chi connectivity index (χ2v) is 6.95. The summed E-state index contributed by atoms with van der Waals surface area (Å²) in [7, 11) is 0. The van der Waals surface area contributed by atoms with E-state index in [1.54, 1.807) is 60.8 Å². The number of rotatable bonds is 6. The largest absolute Gasteiger partial charge is 0.508 e. The maximum Gasteiger partial charge on any atom is 0.338 e. The SMILES string of the molecule is Cc1csc([C@H](C#N)C(=O)COC(=O)c2ccc(-c3ccc(O)cc3)cc2)n1. The summed E-state index contributed by atoms with van der Waals surface area (Å²) in [6, 6.07) is 15.3. The number of aromatic nitrogens is 1. The van der Waals surface area contributed by atoms with Crippen LogP contribution in [0.4, 0.5) is 0 Å². The number of phenols is 1. The van der Waals surface area contributed by atoms with Gasteiger partial charge in [0.2, 0.25) is 0 Å². The van der Waals surface area contributed by atoms with Crippen LogP contribution in [0.1, 0.15) is 27.0 Å². The normalized spacial score (nSPS) is 11.4. The average molecular weight is 392 g/mol. The zero-order valence-corrected chi connectivity index (χ0v) is 15.8. The molecule has 1 heterocycles. The average Bonchev–Trinajstić information content (AvgIpc) is 3.13. The van der Waals surface area contributed by atoms with Crippen LogP contribution in [0, 0.1) is 18.3 Å². The summed E-state index contributed by atoms with van der Waals surface area (Å²) in [4.78, 5) is 28.6. The van der Waals surface area contributed by atoms with Crippen LogP contribution in [0.5, 0.6) is 5.75 Å². The minimum Gasteiger partial charge on any atom is -0.508 e. The summed E-state index contributed by atoms with van der Waals surface area (Å²) in [5.41, 5.74) is 2.80. The molecule has 7 heteroatoms. The van der Waals surface area contributed by atoms with E-state index in [2.05, 4.69) is 4.98 Å². The fourth-order valence-corrected chi connectivity index (χ4v) is 3.39. The molecule has 6 nitrogen and oxygen atoms in total. The molecule has 0 saturated carbocycles. The highest BCUT2D eigenvalue weighted by Gasteiger charge is 2.24. The molecule has 1 atom stereocenters. The van der Waals surface area contributed by atoms with Crippen molar-refractivity contribution >= 4 is 23.1 Å². The van der Waals surface area contributed by atoms with Crippen LogP contribution < -0.4 is 0 Å². The molecule has 0 saturated heterocycles. The molecule has 3 rings (SSSR count). The fourth-order valence-electron chi connectivity index (χ4n) is 2.53. The Kier molecular flexibility index (Phi) is 5.82. The highest BCUT2D eigenvalue weighted by Crippen LogP contribution is 2.23. The van der Waals surface area contributed by atoms with Crippen LogP contribution in [-0.4, -0.2) is 28.4 Å². The van der Waals surface area contributed by atoms with E-state index in [4.69, 9.17) is 4.74 Å². The Morgan fingerprint density at radius 3 is 2.29 bits per heavy atom. The molecule has 0 fully saturated rings. The fraction of sp³-hybridized carbons (Fsp3) is 0.143. The molecule has 0 spiro atoms. The van der Waals surface area contributed by atoms with Crippen LogP contribution in [0.2, 0.25) is 0 Å². The number of hydrogen-bond donors (Lipinski definition) is 1. The summed E-state index contributed by atoms with van der Waals surface area (Å²) in [5, 5.41) is 20.7. The highest BCUT2D eigenvalue weighted by atomic mass is 32.1. The molecule has 0 aliphatic rings. The number of carbonyl (C=O) groups excluding carboxylic acids is 2. The number of ether oxygens (including phenoxy) is 1. The van der Waals surface area contributed by atoms with Crippen LogP contribution in [0.3, 0.4) is 0 Å². The lowest BCUT2D eigenvalue weighted by Crippen LogP contribution is -2.19. The van der Waals surface area contributed by atoms with E-state index < -0.39 is 24.3 Å². The van der Waals surface area contributed by atoms with Gasteiger partial charge in [0, 0.05) is 11.1 Å². The first-order chi connectivity index (χ1) is 13.5. The molecule has 0 radical (unpaired) electrons. The molecule has 0 aliphatic heterocycles. The lowest BCUT2D eigenvalue weighted by atomic mass is 10.0.